The molecule has 0 radical (unpaired) electrons. The molecule has 6 nitrogen and oxygen atoms in total. The van der Waals surface area contributed by atoms with Gasteiger partial charge < -0.3 is 4.90 Å². The molecule has 2 aromatic rings. The first kappa shape index (κ1) is 15.4. The van der Waals surface area contributed by atoms with Crippen LogP contribution in [0.4, 0.5) is 5.82 Å². The van der Waals surface area contributed by atoms with Crippen molar-refractivity contribution in [3.05, 3.63) is 35.1 Å². The lowest BCUT2D eigenvalue weighted by Crippen LogP contribution is -2.25. The summed E-state index contributed by atoms with van der Waals surface area (Å²) in [6, 6.07) is 5.25. The molecule has 3 rings (SSSR count). The molecule has 0 unspecified atom stereocenters. The van der Waals surface area contributed by atoms with Gasteiger partial charge in [-0.2, -0.15) is 0 Å². The van der Waals surface area contributed by atoms with Crippen LogP contribution in [0, 0.1) is 6.92 Å². The van der Waals surface area contributed by atoms with Crippen LogP contribution in [0.25, 0.3) is 0 Å². The summed E-state index contributed by atoms with van der Waals surface area (Å²) in [7, 11) is -3.48. The number of hydrogen-bond donors (Lipinski definition) is 1. The normalized spacial score (nSPS) is 15.4. The molecule has 0 amide bonds. The third-order valence-corrected chi connectivity index (χ3v) is 6.30. The fraction of sp³-hybridized carbons (Fsp3) is 0.429. The Labute approximate surface area is 134 Å². The van der Waals surface area contributed by atoms with Crippen LogP contribution in [0.5, 0.6) is 0 Å². The maximum absolute atomic E-state index is 12.1. The van der Waals surface area contributed by atoms with Crippen molar-refractivity contribution >= 4 is 27.2 Å². The Bertz CT molecular complexity index is 738. The Morgan fingerprint density at radius 3 is 2.77 bits per heavy atom. The Balaban J connectivity index is 1.75. The molecule has 3 heterocycles. The highest BCUT2D eigenvalue weighted by atomic mass is 32.2. The van der Waals surface area contributed by atoms with Gasteiger partial charge in [0.25, 0.3) is 0 Å². The van der Waals surface area contributed by atoms with Crippen LogP contribution in [-0.2, 0) is 16.6 Å². The zero-order chi connectivity index (χ0) is 15.6. The number of sulfonamides is 1. The minimum absolute atomic E-state index is 0.1000. The van der Waals surface area contributed by atoms with Crippen LogP contribution in [0.1, 0.15) is 24.4 Å². The van der Waals surface area contributed by atoms with Crippen LogP contribution in [-0.4, -0.2) is 31.5 Å². The molecule has 0 aliphatic carbocycles. The van der Waals surface area contributed by atoms with Crippen LogP contribution in [0.2, 0.25) is 0 Å². The Morgan fingerprint density at radius 1 is 1.32 bits per heavy atom. The van der Waals surface area contributed by atoms with Gasteiger partial charge in [-0.3, -0.25) is 0 Å². The number of aromatic nitrogens is 2. The smallest absolute Gasteiger partial charge is 0.250 e. The molecule has 1 aliphatic rings. The highest BCUT2D eigenvalue weighted by Gasteiger charge is 2.18. The number of aryl methyl sites for hydroxylation is 1. The summed E-state index contributed by atoms with van der Waals surface area (Å²) in [4.78, 5) is 11.0. The first-order valence-electron chi connectivity index (χ1n) is 7.17. The standard InChI is InChI=1S/C14H18N4O2S2/c1-11-9-13(18-6-2-3-7-18)17-12(16-11)10-15-22(19,20)14-5-4-8-21-14/h4-5,8-9,15H,2-3,6-7,10H2,1H3. The number of nitrogens with zero attached hydrogens (tertiary/aromatic N) is 3. The summed E-state index contributed by atoms with van der Waals surface area (Å²) < 4.78 is 27.1. The van der Waals surface area contributed by atoms with Gasteiger partial charge in [0, 0.05) is 24.8 Å². The minimum Gasteiger partial charge on any atom is -0.357 e. The van der Waals surface area contributed by atoms with E-state index in [9.17, 15) is 8.42 Å². The molecule has 0 bridgehead atoms. The lowest BCUT2D eigenvalue weighted by Gasteiger charge is -2.17. The van der Waals surface area contributed by atoms with Crippen LogP contribution in [0.3, 0.4) is 0 Å². The monoisotopic (exact) mass is 338 g/mol. The average molecular weight is 338 g/mol. The van der Waals surface area contributed by atoms with Gasteiger partial charge in [0.05, 0.1) is 6.54 Å². The SMILES string of the molecule is Cc1cc(N2CCCC2)nc(CNS(=O)(=O)c2cccs2)n1. The van der Waals surface area contributed by atoms with Gasteiger partial charge in [-0.1, -0.05) is 6.07 Å². The molecule has 1 fully saturated rings. The van der Waals surface area contributed by atoms with E-state index in [0.29, 0.717) is 10.0 Å². The summed E-state index contributed by atoms with van der Waals surface area (Å²) in [6.07, 6.45) is 2.34. The van der Waals surface area contributed by atoms with Crippen molar-refractivity contribution in [1.82, 2.24) is 14.7 Å². The van der Waals surface area contributed by atoms with E-state index < -0.39 is 10.0 Å². The van der Waals surface area contributed by atoms with Gasteiger partial charge in [0.1, 0.15) is 15.9 Å². The summed E-state index contributed by atoms with van der Waals surface area (Å²) in [6.45, 7) is 3.99. The third-order valence-electron chi connectivity index (χ3n) is 3.50. The van der Waals surface area contributed by atoms with E-state index in [-0.39, 0.29) is 6.54 Å². The summed E-state index contributed by atoms with van der Waals surface area (Å²) >= 11 is 1.19. The molecule has 0 saturated carbocycles. The quantitative estimate of drug-likeness (QED) is 0.901. The molecular weight excluding hydrogens is 320 g/mol. The van der Waals surface area contributed by atoms with Crippen molar-refractivity contribution < 1.29 is 8.42 Å². The highest BCUT2D eigenvalue weighted by Crippen LogP contribution is 2.19. The van der Waals surface area contributed by atoms with Crippen molar-refractivity contribution in [2.24, 2.45) is 0 Å². The van der Waals surface area contributed by atoms with Gasteiger partial charge >= 0.3 is 0 Å². The number of hydrogen-bond acceptors (Lipinski definition) is 6. The lowest BCUT2D eigenvalue weighted by atomic mass is 10.4. The molecule has 1 aliphatic heterocycles. The molecule has 118 valence electrons. The minimum atomic E-state index is -3.48. The van der Waals surface area contributed by atoms with Crippen molar-refractivity contribution in [3.8, 4) is 0 Å². The molecule has 1 N–H and O–H groups in total. The van der Waals surface area contributed by atoms with Gasteiger partial charge in [-0.05, 0) is 31.2 Å². The topological polar surface area (TPSA) is 75.2 Å². The Hall–Kier alpha value is -1.51. The molecule has 1 saturated heterocycles. The van der Waals surface area contributed by atoms with E-state index in [4.69, 9.17) is 0 Å². The van der Waals surface area contributed by atoms with Crippen molar-refractivity contribution in [1.29, 1.82) is 0 Å². The fourth-order valence-corrected chi connectivity index (χ4v) is 4.46. The average Bonchev–Trinajstić information content (AvgIpc) is 3.17. The maximum atomic E-state index is 12.1. The van der Waals surface area contributed by atoms with Crippen LogP contribution >= 0.6 is 11.3 Å². The number of nitrogens with one attached hydrogen (secondary N) is 1. The second kappa shape index (κ2) is 6.31. The van der Waals surface area contributed by atoms with Gasteiger partial charge in [-0.25, -0.2) is 23.1 Å². The molecule has 8 heteroatoms. The maximum Gasteiger partial charge on any atom is 0.250 e. The zero-order valence-corrected chi connectivity index (χ0v) is 14.0. The van der Waals surface area contributed by atoms with E-state index in [1.54, 1.807) is 17.5 Å². The molecule has 0 aromatic carbocycles. The largest absolute Gasteiger partial charge is 0.357 e. The van der Waals surface area contributed by atoms with Crippen LogP contribution in [0.15, 0.2) is 27.8 Å². The van der Waals surface area contributed by atoms with E-state index in [0.717, 1.165) is 24.6 Å². The Kier molecular flexibility index (Phi) is 4.42. The van der Waals surface area contributed by atoms with Crippen molar-refractivity contribution in [3.63, 3.8) is 0 Å². The lowest BCUT2D eigenvalue weighted by molar-refractivity contribution is 0.581. The van der Waals surface area contributed by atoms with Gasteiger partial charge in [-0.15, -0.1) is 11.3 Å². The molecule has 0 spiro atoms. The number of anilines is 1. The predicted octanol–water partition coefficient (Wildman–Crippen LogP) is 1.93. The Morgan fingerprint density at radius 2 is 2.09 bits per heavy atom. The molecule has 2 aromatic heterocycles. The van der Waals surface area contributed by atoms with Crippen molar-refractivity contribution in [2.75, 3.05) is 18.0 Å². The third kappa shape index (κ3) is 3.45. The molecule has 0 atom stereocenters. The van der Waals surface area contributed by atoms with E-state index >= 15 is 0 Å². The van der Waals surface area contributed by atoms with E-state index in [2.05, 4.69) is 19.6 Å². The second-order valence-corrected chi connectivity index (χ2v) is 8.18. The number of thiophene rings is 1. The van der Waals surface area contributed by atoms with E-state index in [1.165, 1.54) is 24.2 Å². The molecular formula is C14H18N4O2S2. The summed E-state index contributed by atoms with van der Waals surface area (Å²) in [5.41, 5.74) is 0.849. The van der Waals surface area contributed by atoms with Crippen molar-refractivity contribution in [2.45, 2.75) is 30.5 Å². The number of rotatable bonds is 5. The molecule has 22 heavy (non-hydrogen) atoms. The van der Waals surface area contributed by atoms with Crippen LogP contribution < -0.4 is 9.62 Å². The fourth-order valence-electron chi connectivity index (χ4n) is 2.45. The first-order valence-corrected chi connectivity index (χ1v) is 9.53. The summed E-state index contributed by atoms with van der Waals surface area (Å²) in [5, 5.41) is 1.74. The first-order chi connectivity index (χ1) is 10.5. The van der Waals surface area contributed by atoms with Gasteiger partial charge in [0.2, 0.25) is 10.0 Å². The second-order valence-electron chi connectivity index (χ2n) is 5.23. The van der Waals surface area contributed by atoms with E-state index in [1.807, 2.05) is 13.0 Å². The van der Waals surface area contributed by atoms with Gasteiger partial charge in [0.15, 0.2) is 0 Å². The summed E-state index contributed by atoms with van der Waals surface area (Å²) in [5.74, 6) is 1.39. The zero-order valence-electron chi connectivity index (χ0n) is 12.3. The predicted molar refractivity (Wildman–Crippen MR) is 86.6 cm³/mol. The highest BCUT2D eigenvalue weighted by molar-refractivity contribution is 7.91.